The van der Waals surface area contributed by atoms with E-state index in [1.165, 1.54) is 59.7 Å². The van der Waals surface area contributed by atoms with Crippen LogP contribution in [-0.2, 0) is 0 Å². The van der Waals surface area contributed by atoms with Gasteiger partial charge in [0.15, 0.2) is 0 Å². The fraction of sp³-hybridized carbons (Fsp3) is 0.435. The van der Waals surface area contributed by atoms with Crippen molar-refractivity contribution in [3.8, 4) is 17.0 Å². The highest BCUT2D eigenvalue weighted by Crippen LogP contribution is 2.33. The number of hydrogen-bond donors (Lipinski definition) is 0. The number of aromatic nitrogens is 1. The molecule has 0 unspecified atom stereocenters. The van der Waals surface area contributed by atoms with Gasteiger partial charge in [0, 0.05) is 27.7 Å². The summed E-state index contributed by atoms with van der Waals surface area (Å²) in [5.41, 5.74) is 2.19. The second-order valence-electron chi connectivity index (χ2n) is 7.25. The standard InChI is InChI=1S/C23H29BrN2OS2/c1-26(14-16-28-2)13-5-3-4-6-15-27-20-11-12-21-22(17-20)29-25-23(21)18-7-9-19(24)10-8-18/h7-12,17H,3-6,13-16H2,1-2H3. The van der Waals surface area contributed by atoms with E-state index in [9.17, 15) is 0 Å². The monoisotopic (exact) mass is 492 g/mol. The lowest BCUT2D eigenvalue weighted by molar-refractivity contribution is 0.299. The van der Waals surface area contributed by atoms with Gasteiger partial charge in [-0.05, 0) is 74.6 Å². The van der Waals surface area contributed by atoms with E-state index in [2.05, 4.69) is 81.0 Å². The third-order valence-electron chi connectivity index (χ3n) is 4.94. The predicted octanol–water partition coefficient (Wildman–Crippen LogP) is 6.96. The Labute approximate surface area is 191 Å². The maximum absolute atomic E-state index is 5.99. The molecule has 0 spiro atoms. The fourth-order valence-electron chi connectivity index (χ4n) is 3.21. The van der Waals surface area contributed by atoms with E-state index in [1.807, 2.05) is 11.8 Å². The van der Waals surface area contributed by atoms with Gasteiger partial charge in [-0.3, -0.25) is 0 Å². The predicted molar refractivity (Wildman–Crippen MR) is 133 cm³/mol. The van der Waals surface area contributed by atoms with E-state index < -0.39 is 0 Å². The van der Waals surface area contributed by atoms with Crippen LogP contribution in [0.2, 0.25) is 0 Å². The number of unbranched alkanes of at least 4 members (excludes halogenated alkanes) is 3. The molecule has 0 radical (unpaired) electrons. The summed E-state index contributed by atoms with van der Waals surface area (Å²) in [4.78, 5) is 2.43. The van der Waals surface area contributed by atoms with Crippen LogP contribution in [0.3, 0.4) is 0 Å². The minimum atomic E-state index is 0.784. The number of hydrogen-bond acceptors (Lipinski definition) is 5. The van der Waals surface area contributed by atoms with E-state index in [-0.39, 0.29) is 0 Å². The van der Waals surface area contributed by atoms with E-state index in [0.29, 0.717) is 0 Å². The molecule has 1 heterocycles. The highest BCUT2D eigenvalue weighted by Gasteiger charge is 2.09. The average molecular weight is 494 g/mol. The maximum atomic E-state index is 5.99. The molecule has 3 aromatic rings. The molecule has 29 heavy (non-hydrogen) atoms. The van der Waals surface area contributed by atoms with Crippen molar-refractivity contribution in [3.05, 3.63) is 46.9 Å². The topological polar surface area (TPSA) is 25.4 Å². The molecule has 3 nitrogen and oxygen atoms in total. The van der Waals surface area contributed by atoms with E-state index in [1.54, 1.807) is 0 Å². The Morgan fingerprint density at radius 3 is 2.62 bits per heavy atom. The number of rotatable bonds is 12. The number of fused-ring (bicyclic) bond motifs is 1. The second kappa shape index (κ2) is 11.9. The van der Waals surface area contributed by atoms with Gasteiger partial charge in [0.1, 0.15) is 5.75 Å². The van der Waals surface area contributed by atoms with Crippen molar-refractivity contribution in [1.29, 1.82) is 0 Å². The highest BCUT2D eigenvalue weighted by atomic mass is 79.9. The summed E-state index contributed by atoms with van der Waals surface area (Å²) in [6.07, 6.45) is 7.06. The van der Waals surface area contributed by atoms with Crippen molar-refractivity contribution in [2.24, 2.45) is 0 Å². The molecule has 2 aromatic carbocycles. The van der Waals surface area contributed by atoms with Crippen molar-refractivity contribution < 1.29 is 4.74 Å². The Kier molecular flexibility index (Phi) is 9.31. The molecular weight excluding hydrogens is 464 g/mol. The summed E-state index contributed by atoms with van der Waals surface area (Å²) in [5, 5.41) is 1.19. The summed E-state index contributed by atoms with van der Waals surface area (Å²) in [5.74, 6) is 2.17. The van der Waals surface area contributed by atoms with Crippen LogP contribution in [0.4, 0.5) is 0 Å². The third-order valence-corrected chi connectivity index (χ3v) is 6.87. The van der Waals surface area contributed by atoms with Crippen molar-refractivity contribution in [1.82, 2.24) is 9.27 Å². The first-order chi connectivity index (χ1) is 14.2. The zero-order chi connectivity index (χ0) is 20.5. The van der Waals surface area contributed by atoms with E-state index in [4.69, 9.17) is 4.74 Å². The zero-order valence-corrected chi connectivity index (χ0v) is 20.4. The summed E-state index contributed by atoms with van der Waals surface area (Å²) in [6, 6.07) is 14.6. The Morgan fingerprint density at radius 2 is 1.83 bits per heavy atom. The molecule has 0 fully saturated rings. The largest absolute Gasteiger partial charge is 0.494 e. The van der Waals surface area contributed by atoms with Crippen LogP contribution < -0.4 is 4.74 Å². The van der Waals surface area contributed by atoms with Crippen molar-refractivity contribution in [3.63, 3.8) is 0 Å². The van der Waals surface area contributed by atoms with Crippen LogP contribution >= 0.6 is 39.2 Å². The molecule has 0 aliphatic heterocycles. The number of ether oxygens (including phenoxy) is 1. The smallest absolute Gasteiger partial charge is 0.120 e. The summed E-state index contributed by atoms with van der Waals surface area (Å²) >= 11 is 6.94. The van der Waals surface area contributed by atoms with Gasteiger partial charge in [-0.1, -0.05) is 40.9 Å². The molecule has 0 aliphatic rings. The number of thioether (sulfide) groups is 1. The van der Waals surface area contributed by atoms with Gasteiger partial charge in [-0.15, -0.1) is 0 Å². The van der Waals surface area contributed by atoms with Gasteiger partial charge in [0.05, 0.1) is 17.0 Å². The van der Waals surface area contributed by atoms with Crippen LogP contribution in [-0.4, -0.2) is 48.0 Å². The molecule has 0 saturated heterocycles. The van der Waals surface area contributed by atoms with Gasteiger partial charge in [-0.2, -0.15) is 16.1 Å². The molecular formula is C23H29BrN2OS2. The lowest BCUT2D eigenvalue weighted by atomic mass is 10.1. The number of nitrogens with zero attached hydrogens (tertiary/aromatic N) is 2. The van der Waals surface area contributed by atoms with Gasteiger partial charge < -0.3 is 9.64 Å². The van der Waals surface area contributed by atoms with Crippen LogP contribution in [0, 0.1) is 0 Å². The molecule has 0 bridgehead atoms. The summed E-state index contributed by atoms with van der Waals surface area (Å²) < 4.78 is 12.9. The Morgan fingerprint density at radius 1 is 1.03 bits per heavy atom. The minimum absolute atomic E-state index is 0.784. The van der Waals surface area contributed by atoms with Crippen LogP contribution in [0.25, 0.3) is 21.3 Å². The normalized spacial score (nSPS) is 11.4. The molecule has 156 valence electrons. The molecule has 1 aromatic heterocycles. The first kappa shape index (κ1) is 22.6. The average Bonchev–Trinajstić information content (AvgIpc) is 3.15. The SMILES string of the molecule is CSCCN(C)CCCCCCOc1ccc2c(-c3ccc(Br)cc3)nsc2c1. The lowest BCUT2D eigenvalue weighted by Gasteiger charge is -2.15. The van der Waals surface area contributed by atoms with Crippen molar-refractivity contribution >= 4 is 49.3 Å². The van der Waals surface area contributed by atoms with Crippen molar-refractivity contribution in [2.75, 3.05) is 38.8 Å². The number of benzene rings is 2. The quantitative estimate of drug-likeness (QED) is 0.255. The Balaban J connectivity index is 1.42. The van der Waals surface area contributed by atoms with Gasteiger partial charge in [-0.25, -0.2) is 0 Å². The minimum Gasteiger partial charge on any atom is -0.494 e. The molecule has 0 saturated carbocycles. The Bertz CT molecular complexity index is 882. The Hall–Kier alpha value is -1.08. The molecule has 0 atom stereocenters. The number of halogens is 1. The highest BCUT2D eigenvalue weighted by molar-refractivity contribution is 9.10. The van der Waals surface area contributed by atoms with Gasteiger partial charge in [0.25, 0.3) is 0 Å². The first-order valence-corrected chi connectivity index (χ1v) is 13.1. The molecule has 0 amide bonds. The van der Waals surface area contributed by atoms with E-state index in [0.717, 1.165) is 34.5 Å². The lowest BCUT2D eigenvalue weighted by Crippen LogP contribution is -2.22. The van der Waals surface area contributed by atoms with Gasteiger partial charge in [0.2, 0.25) is 0 Å². The molecule has 6 heteroatoms. The van der Waals surface area contributed by atoms with Crippen LogP contribution in [0.15, 0.2) is 46.9 Å². The molecule has 0 aliphatic carbocycles. The fourth-order valence-corrected chi connectivity index (χ4v) is 4.79. The van der Waals surface area contributed by atoms with Crippen LogP contribution in [0.5, 0.6) is 5.75 Å². The molecule has 3 rings (SSSR count). The molecule has 0 N–H and O–H groups in total. The zero-order valence-electron chi connectivity index (χ0n) is 17.2. The van der Waals surface area contributed by atoms with Crippen molar-refractivity contribution in [2.45, 2.75) is 25.7 Å². The first-order valence-electron chi connectivity index (χ1n) is 10.1. The second-order valence-corrected chi connectivity index (χ2v) is 9.96. The van der Waals surface area contributed by atoms with Gasteiger partial charge >= 0.3 is 0 Å². The third kappa shape index (κ3) is 6.99. The maximum Gasteiger partial charge on any atom is 0.120 e. The summed E-state index contributed by atoms with van der Waals surface area (Å²) in [6.45, 7) is 3.17. The van der Waals surface area contributed by atoms with Crippen LogP contribution in [0.1, 0.15) is 25.7 Å². The summed E-state index contributed by atoms with van der Waals surface area (Å²) in [7, 11) is 2.22. The van der Waals surface area contributed by atoms with E-state index >= 15 is 0 Å².